The van der Waals surface area contributed by atoms with E-state index in [0.29, 0.717) is 0 Å². The molecule has 0 radical (unpaired) electrons. The summed E-state index contributed by atoms with van der Waals surface area (Å²) in [5.74, 6) is 0.733. The van der Waals surface area contributed by atoms with Gasteiger partial charge in [-0.1, -0.05) is 0 Å². The lowest BCUT2D eigenvalue weighted by Crippen LogP contribution is -2.23. The fraction of sp³-hybridized carbons (Fsp3) is 0.500. The number of rotatable bonds is 0. The van der Waals surface area contributed by atoms with Gasteiger partial charge < -0.3 is 11.1 Å². The number of fused-ring (bicyclic) bond motifs is 1. The van der Waals surface area contributed by atoms with Crippen molar-refractivity contribution in [2.45, 2.75) is 13.0 Å². The first-order valence-electron chi connectivity index (χ1n) is 3.40. The molecule has 0 aliphatic carbocycles. The lowest BCUT2D eigenvalue weighted by Gasteiger charge is -2.10. The van der Waals surface area contributed by atoms with Crippen molar-refractivity contribution in [1.29, 1.82) is 0 Å². The standard InChI is InChI=1S/C6H10N4/c7-6-4-1-2-8-3-5(4)9-10-6/h8H,1-3H2,(H3,7,9,10). The molecule has 54 valence electrons. The summed E-state index contributed by atoms with van der Waals surface area (Å²) in [7, 11) is 0. The largest absolute Gasteiger partial charge is 0.384 e. The molecule has 0 saturated carbocycles. The van der Waals surface area contributed by atoms with Crippen molar-refractivity contribution in [2.24, 2.45) is 0 Å². The van der Waals surface area contributed by atoms with Crippen molar-refractivity contribution in [2.75, 3.05) is 12.3 Å². The fourth-order valence-corrected chi connectivity index (χ4v) is 1.26. The number of aromatic nitrogens is 2. The highest BCUT2D eigenvalue weighted by molar-refractivity contribution is 5.43. The summed E-state index contributed by atoms with van der Waals surface area (Å²) in [5, 5.41) is 10.0. The number of H-pyrrole nitrogens is 1. The topological polar surface area (TPSA) is 66.7 Å². The van der Waals surface area contributed by atoms with Crippen LogP contribution in [0.2, 0.25) is 0 Å². The van der Waals surface area contributed by atoms with Gasteiger partial charge in [0, 0.05) is 12.1 Å². The number of hydrogen-bond acceptors (Lipinski definition) is 3. The molecule has 0 spiro atoms. The van der Waals surface area contributed by atoms with Crippen LogP contribution in [0.4, 0.5) is 5.82 Å². The van der Waals surface area contributed by atoms with Crippen LogP contribution in [0.25, 0.3) is 0 Å². The lowest BCUT2D eigenvalue weighted by atomic mass is 10.1. The molecule has 1 aliphatic heterocycles. The Balaban J connectivity index is 2.45. The zero-order valence-corrected chi connectivity index (χ0v) is 5.65. The molecule has 4 nitrogen and oxygen atoms in total. The minimum absolute atomic E-state index is 0.733. The second kappa shape index (κ2) is 1.98. The van der Waals surface area contributed by atoms with Gasteiger partial charge in [0.1, 0.15) is 5.82 Å². The van der Waals surface area contributed by atoms with Crippen molar-refractivity contribution in [1.82, 2.24) is 15.5 Å². The molecule has 10 heavy (non-hydrogen) atoms. The van der Waals surface area contributed by atoms with E-state index in [4.69, 9.17) is 5.73 Å². The summed E-state index contributed by atoms with van der Waals surface area (Å²) in [6.45, 7) is 1.86. The van der Waals surface area contributed by atoms with Crippen molar-refractivity contribution < 1.29 is 0 Å². The summed E-state index contributed by atoms with van der Waals surface area (Å²) in [6, 6.07) is 0. The molecule has 0 bridgehead atoms. The number of nitrogen functional groups attached to an aromatic ring is 1. The van der Waals surface area contributed by atoms with Crippen LogP contribution in [0.5, 0.6) is 0 Å². The van der Waals surface area contributed by atoms with Crippen LogP contribution in [0.15, 0.2) is 0 Å². The zero-order valence-electron chi connectivity index (χ0n) is 5.65. The van der Waals surface area contributed by atoms with Crippen molar-refractivity contribution in [3.63, 3.8) is 0 Å². The van der Waals surface area contributed by atoms with Gasteiger partial charge in [0.25, 0.3) is 0 Å². The van der Waals surface area contributed by atoms with Crippen LogP contribution in [0.1, 0.15) is 11.3 Å². The van der Waals surface area contributed by atoms with Gasteiger partial charge in [-0.3, -0.25) is 5.10 Å². The number of nitrogens with one attached hydrogen (secondary N) is 2. The number of nitrogens with two attached hydrogens (primary N) is 1. The number of anilines is 1. The Hall–Kier alpha value is -1.03. The molecule has 1 aromatic heterocycles. The van der Waals surface area contributed by atoms with Crippen molar-refractivity contribution in [3.8, 4) is 0 Å². The van der Waals surface area contributed by atoms with E-state index in [1.807, 2.05) is 0 Å². The average molecular weight is 138 g/mol. The van der Waals surface area contributed by atoms with E-state index in [1.165, 1.54) is 5.56 Å². The molecule has 1 aromatic rings. The minimum atomic E-state index is 0.733. The van der Waals surface area contributed by atoms with Crippen LogP contribution in [-0.4, -0.2) is 16.7 Å². The van der Waals surface area contributed by atoms with Crippen molar-refractivity contribution >= 4 is 5.82 Å². The maximum Gasteiger partial charge on any atom is 0.122 e. The van der Waals surface area contributed by atoms with Crippen LogP contribution in [0, 0.1) is 0 Å². The summed E-state index contributed by atoms with van der Waals surface area (Å²) in [6.07, 6.45) is 0.998. The van der Waals surface area contributed by atoms with Crippen molar-refractivity contribution in [3.05, 3.63) is 11.3 Å². The molecular weight excluding hydrogens is 128 g/mol. The van der Waals surface area contributed by atoms with Gasteiger partial charge in [-0.25, -0.2) is 0 Å². The molecule has 1 aliphatic rings. The molecular formula is C6H10N4. The Bertz CT molecular complexity index is 240. The Morgan fingerprint density at radius 2 is 2.40 bits per heavy atom. The maximum absolute atomic E-state index is 5.62. The lowest BCUT2D eigenvalue weighted by molar-refractivity contribution is 0.633. The van der Waals surface area contributed by atoms with Gasteiger partial charge in [-0.15, -0.1) is 0 Å². The molecule has 0 atom stereocenters. The van der Waals surface area contributed by atoms with Crippen LogP contribution in [0.3, 0.4) is 0 Å². The third-order valence-corrected chi connectivity index (χ3v) is 1.83. The highest BCUT2D eigenvalue weighted by Crippen LogP contribution is 2.15. The molecule has 0 fully saturated rings. The number of aromatic amines is 1. The first-order chi connectivity index (χ1) is 4.88. The molecule has 2 heterocycles. The quantitative estimate of drug-likeness (QED) is 0.458. The predicted molar refractivity (Wildman–Crippen MR) is 38.4 cm³/mol. The molecule has 0 amide bonds. The Morgan fingerprint density at radius 3 is 3.20 bits per heavy atom. The first-order valence-corrected chi connectivity index (χ1v) is 3.40. The summed E-state index contributed by atoms with van der Waals surface area (Å²) >= 11 is 0. The van der Waals surface area contributed by atoms with E-state index >= 15 is 0 Å². The summed E-state index contributed by atoms with van der Waals surface area (Å²) in [4.78, 5) is 0. The summed E-state index contributed by atoms with van der Waals surface area (Å²) < 4.78 is 0. The van der Waals surface area contributed by atoms with Gasteiger partial charge in [-0.05, 0) is 13.0 Å². The van der Waals surface area contributed by atoms with Crippen LogP contribution < -0.4 is 11.1 Å². The van der Waals surface area contributed by atoms with Gasteiger partial charge in [0.15, 0.2) is 0 Å². The summed E-state index contributed by atoms with van der Waals surface area (Å²) in [5.41, 5.74) is 7.88. The minimum Gasteiger partial charge on any atom is -0.384 e. The van der Waals surface area contributed by atoms with Gasteiger partial charge in [0.2, 0.25) is 0 Å². The van der Waals surface area contributed by atoms with E-state index in [-0.39, 0.29) is 0 Å². The Kier molecular flexibility index (Phi) is 1.14. The molecule has 2 rings (SSSR count). The Morgan fingerprint density at radius 1 is 1.50 bits per heavy atom. The second-order valence-corrected chi connectivity index (χ2v) is 2.49. The number of nitrogens with zero attached hydrogens (tertiary/aromatic N) is 1. The zero-order chi connectivity index (χ0) is 6.97. The molecule has 4 heteroatoms. The molecule has 0 aromatic carbocycles. The van der Waals surface area contributed by atoms with E-state index in [9.17, 15) is 0 Å². The Labute approximate surface area is 58.8 Å². The highest BCUT2D eigenvalue weighted by atomic mass is 15.2. The average Bonchev–Trinajstić information content (AvgIpc) is 2.34. The first kappa shape index (κ1) is 5.73. The third kappa shape index (κ3) is 0.690. The molecule has 0 saturated heterocycles. The monoisotopic (exact) mass is 138 g/mol. The van der Waals surface area contributed by atoms with Crippen LogP contribution >= 0.6 is 0 Å². The molecule has 0 unspecified atom stereocenters. The number of hydrogen-bond donors (Lipinski definition) is 3. The van der Waals surface area contributed by atoms with Gasteiger partial charge in [-0.2, -0.15) is 5.10 Å². The van der Waals surface area contributed by atoms with E-state index in [2.05, 4.69) is 15.5 Å². The van der Waals surface area contributed by atoms with Crippen LogP contribution in [-0.2, 0) is 13.0 Å². The fourth-order valence-electron chi connectivity index (χ4n) is 1.26. The SMILES string of the molecule is Nc1[nH]nc2c1CCNC2. The van der Waals surface area contributed by atoms with E-state index in [1.54, 1.807) is 0 Å². The smallest absolute Gasteiger partial charge is 0.122 e. The third-order valence-electron chi connectivity index (χ3n) is 1.83. The van der Waals surface area contributed by atoms with E-state index < -0.39 is 0 Å². The molecule has 4 N–H and O–H groups in total. The second-order valence-electron chi connectivity index (χ2n) is 2.49. The predicted octanol–water partition coefficient (Wildman–Crippen LogP) is -0.362. The normalized spacial score (nSPS) is 16.8. The van der Waals surface area contributed by atoms with Gasteiger partial charge in [0.05, 0.1) is 5.69 Å². The van der Waals surface area contributed by atoms with Gasteiger partial charge >= 0.3 is 0 Å². The maximum atomic E-state index is 5.62. The van der Waals surface area contributed by atoms with E-state index in [0.717, 1.165) is 31.0 Å². The highest BCUT2D eigenvalue weighted by Gasteiger charge is 2.13.